The lowest BCUT2D eigenvalue weighted by Gasteiger charge is -2.27. The highest BCUT2D eigenvalue weighted by molar-refractivity contribution is 7.99. The monoisotopic (exact) mass is 407 g/mol. The number of hydrogen-bond donors (Lipinski definition) is 1. The Kier molecular flexibility index (Phi) is 5.10. The van der Waals surface area contributed by atoms with Crippen LogP contribution in [0.5, 0.6) is 0 Å². The van der Waals surface area contributed by atoms with E-state index in [4.69, 9.17) is 0 Å². The van der Waals surface area contributed by atoms with Gasteiger partial charge in [-0.25, -0.2) is 4.98 Å². The molecule has 0 unspecified atom stereocenters. The summed E-state index contributed by atoms with van der Waals surface area (Å²) in [5.41, 5.74) is 2.39. The van der Waals surface area contributed by atoms with Crippen molar-refractivity contribution in [3.05, 3.63) is 60.0 Å². The van der Waals surface area contributed by atoms with Crippen molar-refractivity contribution >= 4 is 35.0 Å². The minimum atomic E-state index is -0.272. The van der Waals surface area contributed by atoms with Crippen LogP contribution in [0.1, 0.15) is 41.6 Å². The third-order valence-electron chi connectivity index (χ3n) is 4.62. The zero-order valence-corrected chi connectivity index (χ0v) is 17.2. The molecule has 2 aromatic heterocycles. The Balaban J connectivity index is 1.69. The van der Waals surface area contributed by atoms with Crippen LogP contribution in [0, 0.1) is 0 Å². The molecule has 0 bridgehead atoms. The van der Waals surface area contributed by atoms with Gasteiger partial charge in [-0.05, 0) is 57.2 Å². The lowest BCUT2D eigenvalue weighted by molar-refractivity contribution is 0.0975. The fourth-order valence-corrected chi connectivity index (χ4v) is 4.26. The fraction of sp³-hybridized carbons (Fsp3) is 0.238. The fourth-order valence-electron chi connectivity index (χ4n) is 3.22. The molecule has 0 fully saturated rings. The molecule has 0 spiro atoms. The van der Waals surface area contributed by atoms with Gasteiger partial charge in [0.15, 0.2) is 5.69 Å². The van der Waals surface area contributed by atoms with Crippen LogP contribution in [-0.4, -0.2) is 32.6 Å². The smallest absolute Gasteiger partial charge is 0.276 e. The molecule has 7 nitrogen and oxygen atoms in total. The number of carbonyl (C=O) groups excluding carboxylic acids is 2. The van der Waals surface area contributed by atoms with E-state index < -0.39 is 0 Å². The number of hydrogen-bond acceptors (Lipinski definition) is 5. The second-order valence-electron chi connectivity index (χ2n) is 6.92. The number of nitrogens with one attached hydrogen (secondary N) is 1. The van der Waals surface area contributed by atoms with E-state index >= 15 is 0 Å². The lowest BCUT2D eigenvalue weighted by atomic mass is 10.1. The van der Waals surface area contributed by atoms with Crippen molar-refractivity contribution in [3.63, 3.8) is 0 Å². The molecule has 0 saturated heterocycles. The van der Waals surface area contributed by atoms with Crippen LogP contribution in [0.4, 0.5) is 11.4 Å². The molecule has 0 saturated carbocycles. The first kappa shape index (κ1) is 19.2. The average Bonchev–Trinajstić information content (AvgIpc) is 3.15. The highest BCUT2D eigenvalue weighted by atomic mass is 32.2. The molecule has 3 aromatic rings. The van der Waals surface area contributed by atoms with Gasteiger partial charge in [-0.2, -0.15) is 5.10 Å². The van der Waals surface area contributed by atoms with E-state index in [9.17, 15) is 9.59 Å². The Morgan fingerprint density at radius 3 is 2.79 bits per heavy atom. The SMILES string of the molecule is CCn1ccc(C(=O)Nc2ccc3c(c2)Sc2ncccc2C(=O)N3C(C)C)n1. The van der Waals surface area contributed by atoms with Crippen LogP contribution in [0.3, 0.4) is 0 Å². The van der Waals surface area contributed by atoms with Gasteiger partial charge in [-0.15, -0.1) is 0 Å². The Morgan fingerprint density at radius 1 is 1.24 bits per heavy atom. The van der Waals surface area contributed by atoms with Gasteiger partial charge in [-0.1, -0.05) is 11.8 Å². The third-order valence-corrected chi connectivity index (χ3v) is 5.68. The molecule has 0 aliphatic carbocycles. The van der Waals surface area contributed by atoms with E-state index in [1.807, 2.05) is 32.9 Å². The van der Waals surface area contributed by atoms with Crippen molar-refractivity contribution < 1.29 is 9.59 Å². The third kappa shape index (κ3) is 3.63. The zero-order valence-electron chi connectivity index (χ0n) is 16.4. The molecule has 1 aliphatic rings. The molecule has 29 heavy (non-hydrogen) atoms. The van der Waals surface area contributed by atoms with Gasteiger partial charge in [0.2, 0.25) is 0 Å². The first-order valence-electron chi connectivity index (χ1n) is 9.43. The Labute approximate surface area is 173 Å². The number of rotatable bonds is 4. The molecule has 3 heterocycles. The van der Waals surface area contributed by atoms with Crippen molar-refractivity contribution in [2.45, 2.75) is 43.3 Å². The molecule has 148 valence electrons. The number of carbonyl (C=O) groups is 2. The van der Waals surface area contributed by atoms with Gasteiger partial charge >= 0.3 is 0 Å². The predicted octanol–water partition coefficient (Wildman–Crippen LogP) is 4.07. The first-order valence-corrected chi connectivity index (χ1v) is 10.2. The maximum atomic E-state index is 13.1. The van der Waals surface area contributed by atoms with Gasteiger partial charge in [0.1, 0.15) is 5.03 Å². The largest absolute Gasteiger partial charge is 0.321 e. The lowest BCUT2D eigenvalue weighted by Crippen LogP contribution is -2.37. The summed E-state index contributed by atoms with van der Waals surface area (Å²) in [5, 5.41) is 7.79. The zero-order chi connectivity index (χ0) is 20.5. The molecule has 1 aromatic carbocycles. The molecule has 1 N–H and O–H groups in total. The van der Waals surface area contributed by atoms with E-state index in [1.54, 1.807) is 46.2 Å². The van der Waals surface area contributed by atoms with Crippen molar-refractivity contribution in [3.8, 4) is 0 Å². The highest BCUT2D eigenvalue weighted by Gasteiger charge is 2.30. The minimum Gasteiger partial charge on any atom is -0.321 e. The predicted molar refractivity (Wildman–Crippen MR) is 113 cm³/mol. The molecular weight excluding hydrogens is 386 g/mol. The van der Waals surface area contributed by atoms with E-state index in [0.717, 1.165) is 10.6 Å². The number of fused-ring (bicyclic) bond motifs is 2. The Morgan fingerprint density at radius 2 is 2.07 bits per heavy atom. The Bertz CT molecular complexity index is 1090. The van der Waals surface area contributed by atoms with Crippen LogP contribution in [0.25, 0.3) is 0 Å². The molecule has 2 amide bonds. The summed E-state index contributed by atoms with van der Waals surface area (Å²) in [6.45, 7) is 6.63. The summed E-state index contributed by atoms with van der Waals surface area (Å²) in [7, 11) is 0. The standard InChI is InChI=1S/C21H21N5O2S/c1-4-25-11-9-16(24-25)19(27)23-14-7-8-17-18(12-14)29-20-15(6-5-10-22-20)21(28)26(17)13(2)3/h5-13H,4H2,1-3H3,(H,23,27). The average molecular weight is 407 g/mol. The molecule has 1 aliphatic heterocycles. The molecule has 8 heteroatoms. The van der Waals surface area contributed by atoms with E-state index in [-0.39, 0.29) is 17.9 Å². The van der Waals surface area contributed by atoms with Gasteiger partial charge in [0.25, 0.3) is 11.8 Å². The van der Waals surface area contributed by atoms with Crippen LogP contribution >= 0.6 is 11.8 Å². The summed E-state index contributed by atoms with van der Waals surface area (Å²) < 4.78 is 1.70. The van der Waals surface area contributed by atoms with E-state index in [2.05, 4.69) is 15.4 Å². The van der Waals surface area contributed by atoms with Crippen LogP contribution in [-0.2, 0) is 6.54 Å². The van der Waals surface area contributed by atoms with Crippen LogP contribution < -0.4 is 10.2 Å². The number of aryl methyl sites for hydroxylation is 1. The van der Waals surface area contributed by atoms with Crippen molar-refractivity contribution in [1.82, 2.24) is 14.8 Å². The quantitative estimate of drug-likeness (QED) is 0.705. The van der Waals surface area contributed by atoms with Gasteiger partial charge < -0.3 is 10.2 Å². The van der Waals surface area contributed by atoms with E-state index in [1.165, 1.54) is 11.8 Å². The number of pyridine rings is 1. The number of benzene rings is 1. The van der Waals surface area contributed by atoms with Crippen LogP contribution in [0.2, 0.25) is 0 Å². The van der Waals surface area contributed by atoms with Gasteiger partial charge in [0.05, 0.1) is 11.3 Å². The normalized spacial score (nSPS) is 13.1. The minimum absolute atomic E-state index is 0.0218. The Hall–Kier alpha value is -3.13. The topological polar surface area (TPSA) is 80.1 Å². The summed E-state index contributed by atoms with van der Waals surface area (Å²) in [6, 6.07) is 10.8. The van der Waals surface area contributed by atoms with Crippen LogP contribution in [0.15, 0.2) is 58.7 Å². The maximum Gasteiger partial charge on any atom is 0.276 e. The van der Waals surface area contributed by atoms with E-state index in [0.29, 0.717) is 28.5 Å². The second-order valence-corrected chi connectivity index (χ2v) is 7.95. The summed E-state index contributed by atoms with van der Waals surface area (Å²) in [5.74, 6) is -0.345. The number of amides is 2. The number of nitrogens with zero attached hydrogens (tertiary/aromatic N) is 4. The molecule has 0 atom stereocenters. The maximum absolute atomic E-state index is 13.1. The van der Waals surface area contributed by atoms with Crippen molar-refractivity contribution in [2.24, 2.45) is 0 Å². The molecule has 4 rings (SSSR count). The molecular formula is C21H21N5O2S. The molecule has 0 radical (unpaired) electrons. The highest BCUT2D eigenvalue weighted by Crippen LogP contribution is 2.42. The first-order chi connectivity index (χ1) is 14.0. The summed E-state index contributed by atoms with van der Waals surface area (Å²) in [4.78, 5) is 32.7. The number of aromatic nitrogens is 3. The second kappa shape index (κ2) is 7.71. The van der Waals surface area contributed by atoms with Crippen molar-refractivity contribution in [2.75, 3.05) is 10.2 Å². The number of anilines is 2. The summed E-state index contributed by atoms with van der Waals surface area (Å²) >= 11 is 1.43. The van der Waals surface area contributed by atoms with Crippen molar-refractivity contribution in [1.29, 1.82) is 0 Å². The van der Waals surface area contributed by atoms with Gasteiger partial charge in [0, 0.05) is 35.6 Å². The van der Waals surface area contributed by atoms with Gasteiger partial charge in [-0.3, -0.25) is 14.3 Å². The summed E-state index contributed by atoms with van der Waals surface area (Å²) in [6.07, 6.45) is 3.45.